The van der Waals surface area contributed by atoms with Gasteiger partial charge in [-0.25, -0.2) is 4.39 Å². The van der Waals surface area contributed by atoms with E-state index in [-0.39, 0.29) is 10.6 Å². The Hall–Kier alpha value is -1.33. The van der Waals surface area contributed by atoms with Gasteiger partial charge in [0.15, 0.2) is 0 Å². The van der Waals surface area contributed by atoms with Gasteiger partial charge in [0.05, 0.1) is 16.7 Å². The molecule has 12 heavy (non-hydrogen) atoms. The van der Waals surface area contributed by atoms with Gasteiger partial charge in [-0.1, -0.05) is 24.3 Å². The van der Waals surface area contributed by atoms with E-state index in [0.29, 0.717) is 5.56 Å². The first-order chi connectivity index (χ1) is 5.69. The molecular formula is C9H5ClFN. The average molecular weight is 182 g/mol. The third-order valence-electron chi connectivity index (χ3n) is 1.43. The van der Waals surface area contributed by atoms with Crippen molar-refractivity contribution >= 4 is 17.7 Å². The summed E-state index contributed by atoms with van der Waals surface area (Å²) in [7, 11) is 0. The zero-order chi connectivity index (χ0) is 9.14. The van der Waals surface area contributed by atoms with Crippen molar-refractivity contribution in [3.05, 3.63) is 40.7 Å². The highest BCUT2D eigenvalue weighted by Gasteiger charge is 2.04. The number of nitrogens with zero attached hydrogens (tertiary/aromatic N) is 1. The Bertz CT molecular complexity index is 366. The Morgan fingerprint density at radius 3 is 2.75 bits per heavy atom. The van der Waals surface area contributed by atoms with Crippen LogP contribution in [0.5, 0.6) is 0 Å². The van der Waals surface area contributed by atoms with Crippen molar-refractivity contribution < 1.29 is 4.39 Å². The lowest BCUT2D eigenvalue weighted by molar-refractivity contribution is 0.627. The summed E-state index contributed by atoms with van der Waals surface area (Å²) in [5, 5.41) is 8.56. The maximum Gasteiger partial charge on any atom is 0.143 e. The second-order valence-corrected chi connectivity index (χ2v) is 2.58. The fourth-order valence-corrected chi connectivity index (χ4v) is 1.00. The lowest BCUT2D eigenvalue weighted by Gasteiger charge is -1.98. The molecule has 0 unspecified atom stereocenters. The molecule has 0 heterocycles. The molecule has 0 aliphatic rings. The van der Waals surface area contributed by atoms with E-state index in [1.807, 2.05) is 6.07 Å². The number of benzene rings is 1. The minimum atomic E-state index is -0.584. The third kappa shape index (κ3) is 1.46. The van der Waals surface area contributed by atoms with Gasteiger partial charge >= 0.3 is 0 Å². The molecule has 3 heteroatoms. The third-order valence-corrected chi connectivity index (χ3v) is 1.72. The normalized spacial score (nSPS) is 9.08. The van der Waals surface area contributed by atoms with Crippen LogP contribution in [0.3, 0.4) is 0 Å². The van der Waals surface area contributed by atoms with Crippen molar-refractivity contribution in [3.8, 4) is 6.07 Å². The van der Waals surface area contributed by atoms with Crippen LogP contribution in [0.4, 0.5) is 4.39 Å². The molecule has 0 bridgehead atoms. The van der Waals surface area contributed by atoms with Gasteiger partial charge in [0.2, 0.25) is 0 Å². The molecule has 1 aromatic rings. The van der Waals surface area contributed by atoms with Gasteiger partial charge in [-0.2, -0.15) is 5.26 Å². The summed E-state index contributed by atoms with van der Waals surface area (Å²) in [6.45, 7) is 3.48. The molecule has 0 fully saturated rings. The molecule has 0 aliphatic carbocycles. The Morgan fingerprint density at radius 2 is 2.25 bits per heavy atom. The standard InChI is InChI=1S/C9H5ClFN/c1-2-6-3-8(10)9(11)4-7(6)5-12/h2-4H,1H2. The molecule has 60 valence electrons. The largest absolute Gasteiger partial charge is 0.205 e. The van der Waals surface area contributed by atoms with Gasteiger partial charge in [0, 0.05) is 0 Å². The molecule has 1 aromatic carbocycles. The molecule has 0 aliphatic heterocycles. The van der Waals surface area contributed by atoms with Crippen LogP contribution < -0.4 is 0 Å². The van der Waals surface area contributed by atoms with Crippen molar-refractivity contribution in [2.24, 2.45) is 0 Å². The molecule has 0 atom stereocenters. The van der Waals surface area contributed by atoms with Crippen LogP contribution in [0, 0.1) is 17.1 Å². The van der Waals surface area contributed by atoms with E-state index in [4.69, 9.17) is 16.9 Å². The van der Waals surface area contributed by atoms with E-state index in [1.54, 1.807) is 0 Å². The van der Waals surface area contributed by atoms with Gasteiger partial charge in [-0.3, -0.25) is 0 Å². The smallest absolute Gasteiger partial charge is 0.143 e. The fourth-order valence-electron chi connectivity index (χ4n) is 0.828. The zero-order valence-corrected chi connectivity index (χ0v) is 6.90. The van der Waals surface area contributed by atoms with Gasteiger partial charge in [-0.15, -0.1) is 0 Å². The van der Waals surface area contributed by atoms with Gasteiger partial charge < -0.3 is 0 Å². The van der Waals surface area contributed by atoms with E-state index in [9.17, 15) is 4.39 Å². The van der Waals surface area contributed by atoms with Gasteiger partial charge in [-0.05, 0) is 17.7 Å². The molecule has 1 nitrogen and oxygen atoms in total. The van der Waals surface area contributed by atoms with E-state index < -0.39 is 5.82 Å². The number of rotatable bonds is 1. The molecule has 0 saturated carbocycles. The topological polar surface area (TPSA) is 23.8 Å². The maximum atomic E-state index is 12.8. The summed E-state index contributed by atoms with van der Waals surface area (Å²) >= 11 is 5.49. The van der Waals surface area contributed by atoms with Crippen molar-refractivity contribution in [3.63, 3.8) is 0 Å². The molecule has 0 amide bonds. The first-order valence-corrected chi connectivity index (χ1v) is 3.58. The van der Waals surface area contributed by atoms with Crippen molar-refractivity contribution in [1.82, 2.24) is 0 Å². The predicted octanol–water partition coefficient (Wildman–Crippen LogP) is 2.99. The predicted molar refractivity (Wildman–Crippen MR) is 46.2 cm³/mol. The molecule has 0 radical (unpaired) electrons. The summed E-state index contributed by atoms with van der Waals surface area (Å²) in [5.74, 6) is -0.584. The van der Waals surface area contributed by atoms with Crippen molar-refractivity contribution in [1.29, 1.82) is 5.26 Å². The molecule has 0 spiro atoms. The highest BCUT2D eigenvalue weighted by atomic mass is 35.5. The first-order valence-electron chi connectivity index (χ1n) is 3.20. The van der Waals surface area contributed by atoms with Crippen LogP contribution in [0.15, 0.2) is 18.7 Å². The second-order valence-electron chi connectivity index (χ2n) is 2.17. The Balaban J connectivity index is 3.41. The van der Waals surface area contributed by atoms with E-state index >= 15 is 0 Å². The average Bonchev–Trinajstić information content (AvgIpc) is 2.09. The first kappa shape index (κ1) is 8.76. The van der Waals surface area contributed by atoms with Crippen molar-refractivity contribution in [2.45, 2.75) is 0 Å². The number of hydrogen-bond donors (Lipinski definition) is 0. The maximum absolute atomic E-state index is 12.8. The fraction of sp³-hybridized carbons (Fsp3) is 0. The molecular weight excluding hydrogens is 177 g/mol. The van der Waals surface area contributed by atoms with Crippen LogP contribution >= 0.6 is 11.6 Å². The molecule has 0 aromatic heterocycles. The van der Waals surface area contributed by atoms with Crippen LogP contribution in [-0.4, -0.2) is 0 Å². The Kier molecular flexibility index (Phi) is 2.47. The number of nitriles is 1. The lowest BCUT2D eigenvalue weighted by atomic mass is 10.1. The minimum Gasteiger partial charge on any atom is -0.205 e. The molecule has 1 rings (SSSR count). The molecule has 0 saturated heterocycles. The number of hydrogen-bond acceptors (Lipinski definition) is 1. The molecule has 0 N–H and O–H groups in total. The summed E-state index contributed by atoms with van der Waals surface area (Å²) in [6, 6.07) is 4.32. The van der Waals surface area contributed by atoms with E-state index in [2.05, 4.69) is 6.58 Å². The van der Waals surface area contributed by atoms with Gasteiger partial charge in [0.25, 0.3) is 0 Å². The zero-order valence-electron chi connectivity index (χ0n) is 6.14. The van der Waals surface area contributed by atoms with Gasteiger partial charge in [0.1, 0.15) is 5.82 Å². The van der Waals surface area contributed by atoms with Crippen LogP contribution in [0.25, 0.3) is 6.08 Å². The Morgan fingerprint density at radius 1 is 1.58 bits per heavy atom. The highest BCUT2D eigenvalue weighted by molar-refractivity contribution is 6.30. The highest BCUT2D eigenvalue weighted by Crippen LogP contribution is 2.20. The summed E-state index contributed by atoms with van der Waals surface area (Å²) in [6.07, 6.45) is 1.46. The number of halogens is 2. The quantitative estimate of drug-likeness (QED) is 0.654. The minimum absolute atomic E-state index is 0.00361. The monoisotopic (exact) mass is 181 g/mol. The SMILES string of the molecule is C=Cc1cc(Cl)c(F)cc1C#N. The van der Waals surface area contributed by atoms with Crippen LogP contribution in [0.2, 0.25) is 5.02 Å². The van der Waals surface area contributed by atoms with Crippen LogP contribution in [0.1, 0.15) is 11.1 Å². The second kappa shape index (κ2) is 3.38. The van der Waals surface area contributed by atoms with Crippen molar-refractivity contribution in [2.75, 3.05) is 0 Å². The Labute approximate surface area is 74.7 Å². The summed E-state index contributed by atoms with van der Waals surface area (Å²) in [4.78, 5) is 0. The summed E-state index contributed by atoms with van der Waals surface area (Å²) < 4.78 is 12.8. The lowest BCUT2D eigenvalue weighted by Crippen LogP contribution is -1.85. The summed E-state index contributed by atoms with van der Waals surface area (Å²) in [5.41, 5.74) is 0.788. The van der Waals surface area contributed by atoms with E-state index in [1.165, 1.54) is 12.1 Å². The van der Waals surface area contributed by atoms with E-state index in [0.717, 1.165) is 6.07 Å². The van der Waals surface area contributed by atoms with Crippen LogP contribution in [-0.2, 0) is 0 Å².